The van der Waals surface area contributed by atoms with Crippen molar-refractivity contribution in [1.82, 2.24) is 20.6 Å². The highest BCUT2D eigenvalue weighted by atomic mass is 19.4. The zero-order valence-electron chi connectivity index (χ0n) is 13.1. The molecule has 9 heteroatoms. The van der Waals surface area contributed by atoms with Gasteiger partial charge in [-0.15, -0.1) is 5.10 Å². The molecule has 0 fully saturated rings. The Morgan fingerprint density at radius 3 is 2.46 bits per heavy atom. The maximum absolute atomic E-state index is 12.1. The number of hydrazine groups is 1. The van der Waals surface area contributed by atoms with E-state index in [1.807, 2.05) is 29.7 Å². The molecule has 2 aromatic rings. The SMILES string of the molecule is CC(C)Cc1ccc(-c2cnnc(NNC(=O)C(F)(F)F)n2)cc1. The Morgan fingerprint density at radius 2 is 1.88 bits per heavy atom. The van der Waals surface area contributed by atoms with Crippen molar-refractivity contribution in [2.45, 2.75) is 26.4 Å². The molecule has 2 rings (SSSR count). The van der Waals surface area contributed by atoms with Gasteiger partial charge in [-0.25, -0.2) is 4.98 Å². The van der Waals surface area contributed by atoms with Crippen molar-refractivity contribution in [3.8, 4) is 11.3 Å². The molecule has 6 nitrogen and oxygen atoms in total. The van der Waals surface area contributed by atoms with Crippen LogP contribution in [-0.4, -0.2) is 27.3 Å². The molecule has 1 aromatic carbocycles. The van der Waals surface area contributed by atoms with E-state index in [1.54, 1.807) is 0 Å². The van der Waals surface area contributed by atoms with Crippen molar-refractivity contribution in [1.29, 1.82) is 0 Å². The highest BCUT2D eigenvalue weighted by molar-refractivity contribution is 5.82. The van der Waals surface area contributed by atoms with E-state index in [-0.39, 0.29) is 5.95 Å². The molecule has 1 amide bonds. The Morgan fingerprint density at radius 1 is 1.21 bits per heavy atom. The Hall–Kier alpha value is -2.71. The van der Waals surface area contributed by atoms with Crippen molar-refractivity contribution in [2.24, 2.45) is 5.92 Å². The lowest BCUT2D eigenvalue weighted by Gasteiger charge is -2.09. The summed E-state index contributed by atoms with van der Waals surface area (Å²) in [6.07, 6.45) is -2.67. The summed E-state index contributed by atoms with van der Waals surface area (Å²) in [7, 11) is 0. The number of hydrogen-bond acceptors (Lipinski definition) is 5. The number of amides is 1. The third-order valence-electron chi connectivity index (χ3n) is 3.00. The highest BCUT2D eigenvalue weighted by Gasteiger charge is 2.38. The summed E-state index contributed by atoms with van der Waals surface area (Å²) in [5.74, 6) is -1.85. The molecule has 0 bridgehead atoms. The molecule has 0 radical (unpaired) electrons. The first-order chi connectivity index (χ1) is 11.3. The molecule has 0 atom stereocenters. The summed E-state index contributed by atoms with van der Waals surface area (Å²) in [4.78, 5) is 14.8. The Kier molecular flexibility index (Phi) is 5.32. The maximum Gasteiger partial charge on any atom is 0.472 e. The van der Waals surface area contributed by atoms with Crippen LogP contribution in [0.1, 0.15) is 19.4 Å². The van der Waals surface area contributed by atoms with E-state index < -0.39 is 12.1 Å². The largest absolute Gasteiger partial charge is 0.472 e. The molecule has 0 aliphatic carbocycles. The summed E-state index contributed by atoms with van der Waals surface area (Å²) in [5.41, 5.74) is 5.80. The molecule has 1 heterocycles. The first-order valence-electron chi connectivity index (χ1n) is 7.18. The van der Waals surface area contributed by atoms with E-state index >= 15 is 0 Å². The predicted octanol–water partition coefficient (Wildman–Crippen LogP) is 2.74. The van der Waals surface area contributed by atoms with Gasteiger partial charge in [0.25, 0.3) is 5.95 Å². The minimum atomic E-state index is -5.00. The van der Waals surface area contributed by atoms with Crippen LogP contribution < -0.4 is 10.9 Å². The van der Waals surface area contributed by atoms with Gasteiger partial charge in [0.1, 0.15) is 0 Å². The molecule has 24 heavy (non-hydrogen) atoms. The number of benzene rings is 1. The van der Waals surface area contributed by atoms with Gasteiger partial charge in [-0.1, -0.05) is 38.1 Å². The zero-order valence-corrected chi connectivity index (χ0v) is 13.1. The predicted molar refractivity (Wildman–Crippen MR) is 81.6 cm³/mol. The van der Waals surface area contributed by atoms with E-state index in [0.29, 0.717) is 11.6 Å². The van der Waals surface area contributed by atoms with Crippen LogP contribution in [0.25, 0.3) is 11.3 Å². The number of nitrogens with one attached hydrogen (secondary N) is 2. The molecule has 2 N–H and O–H groups in total. The molecular weight excluding hydrogens is 323 g/mol. The molecular formula is C15H16F3N5O. The summed E-state index contributed by atoms with van der Waals surface area (Å²) in [5, 5.41) is 7.19. The van der Waals surface area contributed by atoms with Crippen LogP contribution in [0.4, 0.5) is 19.1 Å². The minimum Gasteiger partial charge on any atom is -0.264 e. The number of anilines is 1. The number of aromatic nitrogens is 3. The van der Waals surface area contributed by atoms with Gasteiger partial charge in [0.05, 0.1) is 11.9 Å². The van der Waals surface area contributed by atoms with E-state index in [0.717, 1.165) is 12.0 Å². The average molecular weight is 339 g/mol. The van der Waals surface area contributed by atoms with Gasteiger partial charge in [0, 0.05) is 5.56 Å². The van der Waals surface area contributed by atoms with Gasteiger partial charge in [-0.05, 0) is 17.9 Å². The van der Waals surface area contributed by atoms with Gasteiger partial charge in [0.2, 0.25) is 0 Å². The molecule has 0 spiro atoms. The number of carbonyl (C=O) groups excluding carboxylic acids is 1. The molecule has 1 aromatic heterocycles. The number of halogens is 3. The average Bonchev–Trinajstić information content (AvgIpc) is 2.52. The van der Waals surface area contributed by atoms with Crippen molar-refractivity contribution < 1.29 is 18.0 Å². The lowest BCUT2D eigenvalue weighted by atomic mass is 10.0. The van der Waals surface area contributed by atoms with E-state index in [1.165, 1.54) is 17.2 Å². The second-order valence-electron chi connectivity index (χ2n) is 5.54. The number of alkyl halides is 3. The standard InChI is InChI=1S/C15H16F3N5O/c1-9(2)7-10-3-5-11(6-4-10)12-8-19-22-14(20-12)23-21-13(24)15(16,17)18/h3-6,8-9H,7H2,1-2H3,(H,21,24)(H,20,22,23). The minimum absolute atomic E-state index is 0.239. The van der Waals surface area contributed by atoms with Crippen LogP contribution in [0.15, 0.2) is 30.5 Å². The van der Waals surface area contributed by atoms with Crippen molar-refractivity contribution in [2.75, 3.05) is 5.43 Å². The quantitative estimate of drug-likeness (QED) is 0.819. The Balaban J connectivity index is 2.08. The third-order valence-corrected chi connectivity index (χ3v) is 3.00. The van der Waals surface area contributed by atoms with Crippen LogP contribution in [0.3, 0.4) is 0 Å². The molecule has 0 unspecified atom stereocenters. The second-order valence-corrected chi connectivity index (χ2v) is 5.54. The fraction of sp³-hybridized carbons (Fsp3) is 0.333. The van der Waals surface area contributed by atoms with Gasteiger partial charge < -0.3 is 0 Å². The molecule has 0 saturated carbocycles. The second kappa shape index (κ2) is 7.24. The number of carbonyl (C=O) groups is 1. The van der Waals surface area contributed by atoms with E-state index in [4.69, 9.17) is 0 Å². The number of nitrogens with zero attached hydrogens (tertiary/aromatic N) is 3. The van der Waals surface area contributed by atoms with Crippen LogP contribution >= 0.6 is 0 Å². The van der Waals surface area contributed by atoms with Gasteiger partial charge in [-0.2, -0.15) is 18.3 Å². The molecule has 0 aliphatic heterocycles. The fourth-order valence-corrected chi connectivity index (χ4v) is 1.96. The smallest absolute Gasteiger partial charge is 0.264 e. The first kappa shape index (κ1) is 17.6. The number of hydrogen-bond donors (Lipinski definition) is 2. The molecule has 128 valence electrons. The summed E-state index contributed by atoms with van der Waals surface area (Å²) in [6, 6.07) is 7.60. The first-order valence-corrected chi connectivity index (χ1v) is 7.18. The van der Waals surface area contributed by atoms with Crippen LogP contribution in [0, 0.1) is 5.92 Å². The van der Waals surface area contributed by atoms with Crippen molar-refractivity contribution in [3.05, 3.63) is 36.0 Å². The monoisotopic (exact) mass is 339 g/mol. The topological polar surface area (TPSA) is 79.8 Å². The van der Waals surface area contributed by atoms with Crippen LogP contribution in [-0.2, 0) is 11.2 Å². The van der Waals surface area contributed by atoms with Crippen LogP contribution in [0.5, 0.6) is 0 Å². The van der Waals surface area contributed by atoms with Crippen molar-refractivity contribution in [3.63, 3.8) is 0 Å². The maximum atomic E-state index is 12.1. The lowest BCUT2D eigenvalue weighted by Crippen LogP contribution is -2.40. The van der Waals surface area contributed by atoms with Gasteiger partial charge in [-0.3, -0.25) is 15.6 Å². The van der Waals surface area contributed by atoms with Gasteiger partial charge in [0.15, 0.2) is 0 Å². The van der Waals surface area contributed by atoms with E-state index in [2.05, 4.69) is 29.0 Å². The normalized spacial score (nSPS) is 11.4. The summed E-state index contributed by atoms with van der Waals surface area (Å²) < 4.78 is 36.3. The molecule has 0 saturated heterocycles. The lowest BCUT2D eigenvalue weighted by molar-refractivity contribution is -0.173. The molecule has 0 aliphatic rings. The van der Waals surface area contributed by atoms with Crippen LogP contribution in [0.2, 0.25) is 0 Å². The van der Waals surface area contributed by atoms with Crippen molar-refractivity contribution >= 4 is 11.9 Å². The number of rotatable bonds is 5. The third kappa shape index (κ3) is 4.90. The zero-order chi connectivity index (χ0) is 17.7. The summed E-state index contributed by atoms with van der Waals surface area (Å²) >= 11 is 0. The Bertz CT molecular complexity index is 701. The Labute approximate surface area is 136 Å². The van der Waals surface area contributed by atoms with Gasteiger partial charge >= 0.3 is 12.1 Å². The summed E-state index contributed by atoms with van der Waals surface area (Å²) in [6.45, 7) is 4.24. The van der Waals surface area contributed by atoms with E-state index in [9.17, 15) is 18.0 Å². The fourth-order valence-electron chi connectivity index (χ4n) is 1.96. The highest BCUT2D eigenvalue weighted by Crippen LogP contribution is 2.19.